The molecule has 1 heterocycles. The third-order valence-corrected chi connectivity index (χ3v) is 3.83. The van der Waals surface area contributed by atoms with Crippen LogP contribution in [-0.4, -0.2) is 23.5 Å². The maximum atomic E-state index is 11.9. The summed E-state index contributed by atoms with van der Waals surface area (Å²) in [5, 5.41) is 11.4. The fraction of sp³-hybridized carbons (Fsp3) is 0.176. The summed E-state index contributed by atoms with van der Waals surface area (Å²) in [6.45, 7) is 1.80. The van der Waals surface area contributed by atoms with E-state index in [9.17, 15) is 9.59 Å². The van der Waals surface area contributed by atoms with Gasteiger partial charge in [-0.15, -0.1) is 11.3 Å². The third kappa shape index (κ3) is 5.44. The quantitative estimate of drug-likeness (QED) is 0.340. The van der Waals surface area contributed by atoms with E-state index < -0.39 is 5.97 Å². The summed E-state index contributed by atoms with van der Waals surface area (Å²) >= 11 is 1.39. The predicted octanol–water partition coefficient (Wildman–Crippen LogP) is 1.94. The normalized spacial score (nSPS) is 10.6. The number of aromatic nitrogens is 1. The average Bonchev–Trinajstić information content (AvgIpc) is 3.08. The van der Waals surface area contributed by atoms with Crippen LogP contribution in [0.15, 0.2) is 47.5 Å². The lowest BCUT2D eigenvalue weighted by Gasteiger charge is -2.04. The van der Waals surface area contributed by atoms with Gasteiger partial charge in [0.05, 0.1) is 18.7 Å². The number of ether oxygens (including phenoxy) is 1. The molecule has 0 aliphatic carbocycles. The predicted molar refractivity (Wildman–Crippen MR) is 92.9 cm³/mol. The number of nitrogens with one attached hydrogen (secondary N) is 2. The molecule has 8 heteroatoms. The van der Waals surface area contributed by atoms with E-state index in [4.69, 9.17) is 10.00 Å². The first-order valence-electron chi connectivity index (χ1n) is 7.45. The number of hydrazine groups is 1. The molecule has 1 aromatic heterocycles. The molecule has 128 valence electrons. The molecule has 0 saturated heterocycles. The maximum absolute atomic E-state index is 11.9. The lowest BCUT2D eigenvalue weighted by Crippen LogP contribution is -2.35. The number of nitrogens with zero attached hydrogens (tertiary/aromatic N) is 2. The minimum absolute atomic E-state index is 0.0830. The van der Waals surface area contributed by atoms with Crippen LogP contribution >= 0.6 is 11.3 Å². The first kappa shape index (κ1) is 18.2. The Morgan fingerprint density at radius 3 is 2.80 bits per heavy atom. The van der Waals surface area contributed by atoms with Crippen LogP contribution in [0, 0.1) is 11.3 Å². The number of thiazole rings is 1. The molecule has 0 fully saturated rings. The van der Waals surface area contributed by atoms with Gasteiger partial charge in [-0.1, -0.05) is 30.3 Å². The van der Waals surface area contributed by atoms with E-state index in [0.717, 1.165) is 17.5 Å². The van der Waals surface area contributed by atoms with Crippen LogP contribution in [0.1, 0.15) is 11.9 Å². The van der Waals surface area contributed by atoms with Gasteiger partial charge in [0.1, 0.15) is 11.1 Å². The lowest BCUT2D eigenvalue weighted by molar-refractivity contribution is -0.138. The number of rotatable bonds is 7. The van der Waals surface area contributed by atoms with Crippen molar-refractivity contribution in [2.24, 2.45) is 0 Å². The number of esters is 1. The number of amides is 1. The van der Waals surface area contributed by atoms with E-state index in [0.29, 0.717) is 5.01 Å². The second-order valence-corrected chi connectivity index (χ2v) is 5.69. The number of nitriles is 1. The molecule has 0 aliphatic rings. The summed E-state index contributed by atoms with van der Waals surface area (Å²) in [6.07, 6.45) is 1.17. The molecule has 0 radical (unpaired) electrons. The van der Waals surface area contributed by atoms with E-state index in [1.807, 2.05) is 35.7 Å². The Morgan fingerprint density at radius 1 is 1.36 bits per heavy atom. The van der Waals surface area contributed by atoms with Crippen molar-refractivity contribution in [1.82, 2.24) is 15.8 Å². The Labute approximate surface area is 148 Å². The van der Waals surface area contributed by atoms with Gasteiger partial charge in [-0.05, 0) is 6.92 Å². The monoisotopic (exact) mass is 356 g/mol. The Balaban J connectivity index is 1.88. The molecular weight excluding hydrogens is 340 g/mol. The van der Waals surface area contributed by atoms with Crippen molar-refractivity contribution in [2.45, 2.75) is 13.3 Å². The number of benzene rings is 1. The SMILES string of the molecule is CCOC(=O)/C(C#N)=C/NNC(=O)Cc1nc(-c2ccccc2)cs1. The second-order valence-electron chi connectivity index (χ2n) is 4.75. The summed E-state index contributed by atoms with van der Waals surface area (Å²) in [5.41, 5.74) is 6.38. The van der Waals surface area contributed by atoms with Crippen LogP contribution in [-0.2, 0) is 20.7 Å². The molecule has 1 aromatic carbocycles. The summed E-state index contributed by atoms with van der Waals surface area (Å²) < 4.78 is 4.70. The van der Waals surface area contributed by atoms with Crippen molar-refractivity contribution in [3.63, 3.8) is 0 Å². The molecule has 2 rings (SSSR count). The van der Waals surface area contributed by atoms with Gasteiger partial charge in [0.25, 0.3) is 0 Å². The van der Waals surface area contributed by atoms with Crippen LogP contribution in [0.4, 0.5) is 0 Å². The molecule has 0 unspecified atom stereocenters. The van der Waals surface area contributed by atoms with Crippen molar-refractivity contribution in [3.05, 3.63) is 52.5 Å². The molecule has 2 N–H and O–H groups in total. The van der Waals surface area contributed by atoms with Crippen LogP contribution in [0.25, 0.3) is 11.3 Å². The van der Waals surface area contributed by atoms with Gasteiger partial charge in [0.15, 0.2) is 5.57 Å². The molecule has 0 saturated carbocycles. The van der Waals surface area contributed by atoms with E-state index >= 15 is 0 Å². The highest BCUT2D eigenvalue weighted by Crippen LogP contribution is 2.21. The molecule has 0 atom stereocenters. The zero-order valence-electron chi connectivity index (χ0n) is 13.5. The second kappa shape index (κ2) is 9.20. The van der Waals surface area contributed by atoms with E-state index in [2.05, 4.69) is 15.8 Å². The van der Waals surface area contributed by atoms with E-state index in [1.165, 1.54) is 11.3 Å². The summed E-state index contributed by atoms with van der Waals surface area (Å²) in [4.78, 5) is 27.7. The van der Waals surface area contributed by atoms with Crippen molar-refractivity contribution in [2.75, 3.05) is 6.61 Å². The zero-order valence-corrected chi connectivity index (χ0v) is 14.3. The smallest absolute Gasteiger partial charge is 0.350 e. The molecule has 0 bridgehead atoms. The third-order valence-electron chi connectivity index (χ3n) is 2.98. The first-order valence-corrected chi connectivity index (χ1v) is 8.33. The van der Waals surface area contributed by atoms with Crippen molar-refractivity contribution in [1.29, 1.82) is 5.26 Å². The van der Waals surface area contributed by atoms with E-state index in [-0.39, 0.29) is 24.5 Å². The highest BCUT2D eigenvalue weighted by atomic mass is 32.1. The summed E-state index contributed by atoms with van der Waals surface area (Å²) in [6, 6.07) is 11.4. The Morgan fingerprint density at radius 2 is 2.12 bits per heavy atom. The van der Waals surface area contributed by atoms with Crippen molar-refractivity contribution in [3.8, 4) is 17.3 Å². The Hall–Kier alpha value is -3.18. The van der Waals surface area contributed by atoms with Gasteiger partial charge in [-0.3, -0.25) is 10.2 Å². The van der Waals surface area contributed by atoms with Crippen LogP contribution in [0.2, 0.25) is 0 Å². The van der Waals surface area contributed by atoms with Crippen LogP contribution in [0.5, 0.6) is 0 Å². The number of hydrogen-bond donors (Lipinski definition) is 2. The van der Waals surface area contributed by atoms with Gasteiger partial charge >= 0.3 is 5.97 Å². The zero-order chi connectivity index (χ0) is 18.1. The van der Waals surface area contributed by atoms with Gasteiger partial charge < -0.3 is 10.2 Å². The number of hydrogen-bond acceptors (Lipinski definition) is 7. The highest BCUT2D eigenvalue weighted by Gasteiger charge is 2.11. The topological polar surface area (TPSA) is 104 Å². The number of carbonyl (C=O) groups excluding carboxylic acids is 2. The highest BCUT2D eigenvalue weighted by molar-refractivity contribution is 7.10. The minimum atomic E-state index is -0.751. The van der Waals surface area contributed by atoms with E-state index in [1.54, 1.807) is 13.0 Å². The van der Waals surface area contributed by atoms with Crippen molar-refractivity contribution < 1.29 is 14.3 Å². The largest absolute Gasteiger partial charge is 0.462 e. The molecule has 0 spiro atoms. The standard InChI is InChI=1S/C17H16N4O3S/c1-2-24-17(23)13(9-18)10-19-21-15(22)8-16-20-14(11-25-16)12-6-4-3-5-7-12/h3-7,10-11,19H,2,8H2,1H3,(H,21,22)/b13-10+. The van der Waals surface area contributed by atoms with Gasteiger partial charge in [-0.25, -0.2) is 9.78 Å². The minimum Gasteiger partial charge on any atom is -0.462 e. The summed E-state index contributed by atoms with van der Waals surface area (Å²) in [7, 11) is 0. The molecular formula is C17H16N4O3S. The Kier molecular flexibility index (Phi) is 6.68. The molecule has 1 amide bonds. The molecule has 25 heavy (non-hydrogen) atoms. The first-order chi connectivity index (χ1) is 12.1. The molecule has 0 aliphatic heterocycles. The van der Waals surface area contributed by atoms with Gasteiger partial charge in [0, 0.05) is 17.1 Å². The fourth-order valence-electron chi connectivity index (χ4n) is 1.85. The maximum Gasteiger partial charge on any atom is 0.350 e. The van der Waals surface area contributed by atoms with Crippen molar-refractivity contribution >= 4 is 23.2 Å². The fourth-order valence-corrected chi connectivity index (χ4v) is 2.65. The Bertz CT molecular complexity index is 809. The molecule has 2 aromatic rings. The molecule has 7 nitrogen and oxygen atoms in total. The summed E-state index contributed by atoms with van der Waals surface area (Å²) in [5.74, 6) is -1.09. The van der Waals surface area contributed by atoms with Crippen LogP contribution < -0.4 is 10.9 Å². The average molecular weight is 356 g/mol. The van der Waals surface area contributed by atoms with Gasteiger partial charge in [0.2, 0.25) is 5.91 Å². The lowest BCUT2D eigenvalue weighted by atomic mass is 10.2. The van der Waals surface area contributed by atoms with Gasteiger partial charge in [-0.2, -0.15) is 5.26 Å². The number of carbonyl (C=O) groups is 2. The van der Waals surface area contributed by atoms with Crippen LogP contribution in [0.3, 0.4) is 0 Å².